The predicted octanol–water partition coefficient (Wildman–Crippen LogP) is 4.61. The Morgan fingerprint density at radius 2 is 1.66 bits per heavy atom. The number of nitrogens with one attached hydrogen (secondary N) is 2. The number of anilines is 1. The summed E-state index contributed by atoms with van der Waals surface area (Å²) < 4.78 is 2.24. The molecule has 7 heteroatoms. The third kappa shape index (κ3) is 5.94. The molecule has 7 nitrogen and oxygen atoms in total. The molecule has 5 rings (SSSR count). The molecule has 2 amide bonds. The Labute approximate surface area is 223 Å². The Morgan fingerprint density at radius 1 is 0.921 bits per heavy atom. The van der Waals surface area contributed by atoms with Gasteiger partial charge in [-0.2, -0.15) is 0 Å². The van der Waals surface area contributed by atoms with Crippen molar-refractivity contribution in [2.24, 2.45) is 11.7 Å². The van der Waals surface area contributed by atoms with Gasteiger partial charge in [0.1, 0.15) is 5.82 Å². The molecule has 3 aromatic carbocycles. The fourth-order valence-electron chi connectivity index (χ4n) is 5.54. The van der Waals surface area contributed by atoms with Gasteiger partial charge in [-0.15, -0.1) is 0 Å². The van der Waals surface area contributed by atoms with Crippen molar-refractivity contribution >= 4 is 28.5 Å². The monoisotopic (exact) mass is 509 g/mol. The van der Waals surface area contributed by atoms with Gasteiger partial charge in [0.25, 0.3) is 0 Å². The number of carbonyl (C=O) groups is 2. The maximum absolute atomic E-state index is 13.1. The van der Waals surface area contributed by atoms with Crippen LogP contribution < -0.4 is 16.4 Å². The topological polar surface area (TPSA) is 102 Å². The lowest BCUT2D eigenvalue weighted by Gasteiger charge is -2.31. The molecule has 1 aliphatic carbocycles. The van der Waals surface area contributed by atoms with E-state index in [-0.39, 0.29) is 30.2 Å². The van der Waals surface area contributed by atoms with E-state index in [1.165, 1.54) is 11.1 Å². The number of para-hydroxylation sites is 3. The molecular weight excluding hydrogens is 474 g/mol. The van der Waals surface area contributed by atoms with Crippen LogP contribution in [0.5, 0.6) is 0 Å². The van der Waals surface area contributed by atoms with Crippen molar-refractivity contribution in [2.45, 2.75) is 44.6 Å². The van der Waals surface area contributed by atoms with Crippen LogP contribution in [0.2, 0.25) is 0 Å². The lowest BCUT2D eigenvalue weighted by atomic mass is 9.75. The summed E-state index contributed by atoms with van der Waals surface area (Å²) >= 11 is 0. The van der Waals surface area contributed by atoms with E-state index in [0.717, 1.165) is 61.2 Å². The van der Waals surface area contributed by atoms with Crippen LogP contribution in [0.3, 0.4) is 0 Å². The molecule has 38 heavy (non-hydrogen) atoms. The minimum atomic E-state index is -0.220. The van der Waals surface area contributed by atoms with Crippen molar-refractivity contribution < 1.29 is 9.59 Å². The Balaban J connectivity index is 1.25. The van der Waals surface area contributed by atoms with Gasteiger partial charge in [0.05, 0.1) is 17.6 Å². The van der Waals surface area contributed by atoms with Crippen LogP contribution in [0.1, 0.15) is 48.6 Å². The maximum atomic E-state index is 13.1. The van der Waals surface area contributed by atoms with Gasteiger partial charge >= 0.3 is 0 Å². The Hall–Kier alpha value is -3.97. The summed E-state index contributed by atoms with van der Waals surface area (Å²) in [6, 6.07) is 26.1. The number of amides is 2. The summed E-state index contributed by atoms with van der Waals surface area (Å²) in [4.78, 5) is 30.2. The molecule has 1 aromatic heterocycles. The molecule has 0 bridgehead atoms. The number of rotatable bonds is 9. The summed E-state index contributed by atoms with van der Waals surface area (Å²) in [7, 11) is 0. The van der Waals surface area contributed by atoms with E-state index in [1.807, 2.05) is 48.5 Å². The molecule has 0 aliphatic heterocycles. The Morgan fingerprint density at radius 3 is 2.45 bits per heavy atom. The van der Waals surface area contributed by atoms with Gasteiger partial charge in [-0.3, -0.25) is 9.59 Å². The highest BCUT2D eigenvalue weighted by atomic mass is 16.2. The zero-order chi connectivity index (χ0) is 26.3. The minimum absolute atomic E-state index is 0.0279. The molecule has 0 unspecified atom stereocenters. The smallest absolute Gasteiger partial charge is 0.243 e. The number of benzene rings is 3. The average Bonchev–Trinajstić information content (AvgIpc) is 3.29. The highest BCUT2D eigenvalue weighted by Crippen LogP contribution is 2.38. The number of nitrogens with zero attached hydrogens (tertiary/aromatic N) is 2. The normalized spacial score (nSPS) is 17.3. The number of nitrogens with two attached hydrogens (primary N) is 1. The SMILES string of the molecule is NCCc1nc2ccccc2n1Cc1ccc([C@H]2CCCC[C@H]2C(=O)NCC(=O)Nc2ccccc2)cc1. The van der Waals surface area contributed by atoms with E-state index in [4.69, 9.17) is 10.7 Å². The van der Waals surface area contributed by atoms with E-state index < -0.39 is 0 Å². The van der Waals surface area contributed by atoms with Gasteiger partial charge in [-0.1, -0.05) is 67.4 Å². The molecular formula is C31H35N5O2. The minimum Gasteiger partial charge on any atom is -0.347 e. The molecule has 196 valence electrons. The first kappa shape index (κ1) is 25.7. The second-order valence-electron chi connectivity index (χ2n) is 10.0. The molecule has 1 fully saturated rings. The highest BCUT2D eigenvalue weighted by Gasteiger charge is 2.32. The van der Waals surface area contributed by atoms with Gasteiger partial charge < -0.3 is 20.9 Å². The number of aromatic nitrogens is 2. The van der Waals surface area contributed by atoms with Crippen molar-refractivity contribution in [3.05, 3.63) is 95.8 Å². The molecule has 1 heterocycles. The first-order valence-electron chi connectivity index (χ1n) is 13.5. The van der Waals surface area contributed by atoms with E-state index in [2.05, 4.69) is 45.5 Å². The lowest BCUT2D eigenvalue weighted by molar-refractivity contribution is -0.128. The van der Waals surface area contributed by atoms with Crippen molar-refractivity contribution in [2.75, 3.05) is 18.4 Å². The third-order valence-corrected chi connectivity index (χ3v) is 7.43. The van der Waals surface area contributed by atoms with Gasteiger partial charge in [-0.25, -0.2) is 4.98 Å². The Bertz CT molecular complexity index is 1380. The molecule has 2 atom stereocenters. The number of hydrogen-bond donors (Lipinski definition) is 3. The maximum Gasteiger partial charge on any atom is 0.243 e. The van der Waals surface area contributed by atoms with Gasteiger partial charge in [-0.05, 0) is 60.7 Å². The summed E-state index contributed by atoms with van der Waals surface area (Å²) in [6.45, 7) is 1.25. The zero-order valence-corrected chi connectivity index (χ0v) is 21.6. The van der Waals surface area contributed by atoms with Crippen molar-refractivity contribution in [1.29, 1.82) is 0 Å². The van der Waals surface area contributed by atoms with Crippen LogP contribution in [-0.4, -0.2) is 34.5 Å². The second kappa shape index (κ2) is 12.0. The number of fused-ring (bicyclic) bond motifs is 1. The highest BCUT2D eigenvalue weighted by molar-refractivity contribution is 5.94. The van der Waals surface area contributed by atoms with E-state index in [1.54, 1.807) is 0 Å². The van der Waals surface area contributed by atoms with Crippen LogP contribution in [0, 0.1) is 5.92 Å². The van der Waals surface area contributed by atoms with E-state index in [0.29, 0.717) is 6.54 Å². The fourth-order valence-corrected chi connectivity index (χ4v) is 5.54. The van der Waals surface area contributed by atoms with Crippen molar-refractivity contribution in [3.8, 4) is 0 Å². The third-order valence-electron chi connectivity index (χ3n) is 7.43. The molecule has 0 radical (unpaired) electrons. The first-order valence-corrected chi connectivity index (χ1v) is 13.5. The zero-order valence-electron chi connectivity index (χ0n) is 21.6. The lowest BCUT2D eigenvalue weighted by Crippen LogP contribution is -2.39. The summed E-state index contributed by atoms with van der Waals surface area (Å²) in [5.74, 6) is 0.753. The van der Waals surface area contributed by atoms with Crippen LogP contribution in [0.25, 0.3) is 11.0 Å². The van der Waals surface area contributed by atoms with Crippen LogP contribution in [0.4, 0.5) is 5.69 Å². The first-order chi connectivity index (χ1) is 18.6. The van der Waals surface area contributed by atoms with Crippen molar-refractivity contribution in [3.63, 3.8) is 0 Å². The standard InChI is InChI=1S/C31H35N5O2/c32-19-18-29-35-27-12-6-7-13-28(27)36(29)21-22-14-16-23(17-15-22)25-10-4-5-11-26(25)31(38)33-20-30(37)34-24-8-2-1-3-9-24/h1-3,6-9,12-17,25-26H,4-5,10-11,18-21,32H2,(H,33,38)(H,34,37)/t25-,26-/m1/s1. The largest absolute Gasteiger partial charge is 0.347 e. The molecule has 0 spiro atoms. The summed E-state index contributed by atoms with van der Waals surface area (Å²) in [5, 5.41) is 5.70. The van der Waals surface area contributed by atoms with Crippen molar-refractivity contribution in [1.82, 2.24) is 14.9 Å². The number of carbonyl (C=O) groups excluding carboxylic acids is 2. The Kier molecular flexibility index (Phi) is 8.14. The molecule has 4 aromatic rings. The molecule has 1 saturated carbocycles. The fraction of sp³-hybridized carbons (Fsp3) is 0.323. The van der Waals surface area contributed by atoms with Gasteiger partial charge in [0, 0.05) is 24.6 Å². The van der Waals surface area contributed by atoms with Crippen LogP contribution in [0.15, 0.2) is 78.9 Å². The van der Waals surface area contributed by atoms with Crippen LogP contribution >= 0.6 is 0 Å². The van der Waals surface area contributed by atoms with Gasteiger partial charge in [0.15, 0.2) is 0 Å². The average molecular weight is 510 g/mol. The van der Waals surface area contributed by atoms with E-state index in [9.17, 15) is 9.59 Å². The summed E-state index contributed by atoms with van der Waals surface area (Å²) in [6.07, 6.45) is 4.67. The quantitative estimate of drug-likeness (QED) is 0.307. The number of imidazole rings is 1. The molecule has 1 aliphatic rings. The van der Waals surface area contributed by atoms with Gasteiger partial charge in [0.2, 0.25) is 11.8 Å². The molecule has 4 N–H and O–H groups in total. The van der Waals surface area contributed by atoms with Crippen LogP contribution in [-0.2, 0) is 22.6 Å². The van der Waals surface area contributed by atoms with E-state index >= 15 is 0 Å². The predicted molar refractivity (Wildman–Crippen MR) is 151 cm³/mol. The molecule has 0 saturated heterocycles. The number of hydrogen-bond acceptors (Lipinski definition) is 4. The summed E-state index contributed by atoms with van der Waals surface area (Å²) in [5.41, 5.74) is 11.0. The second-order valence-corrected chi connectivity index (χ2v) is 10.0.